The van der Waals surface area contributed by atoms with Crippen LogP contribution in [0, 0.1) is 11.3 Å². The first-order valence-corrected chi connectivity index (χ1v) is 8.75. The second kappa shape index (κ2) is 6.71. The third-order valence-corrected chi connectivity index (χ3v) is 5.15. The molecule has 0 unspecified atom stereocenters. The van der Waals surface area contributed by atoms with Crippen LogP contribution in [0.25, 0.3) is 11.0 Å². The number of anilines is 2. The number of halogens is 3. The number of likely N-dealkylation sites (N-methyl/N-ethyl adjacent to an activating group) is 1. The number of nitriles is 1. The number of H-pyrrole nitrogens is 1. The Balaban J connectivity index is 1.61. The van der Waals surface area contributed by atoms with E-state index in [2.05, 4.69) is 19.9 Å². The van der Waals surface area contributed by atoms with Gasteiger partial charge in [0, 0.05) is 38.1 Å². The Labute approximate surface area is 159 Å². The van der Waals surface area contributed by atoms with Crippen molar-refractivity contribution >= 4 is 22.5 Å². The minimum atomic E-state index is -4.53. The van der Waals surface area contributed by atoms with E-state index >= 15 is 0 Å². The number of nitrogens with one attached hydrogen (secondary N) is 1. The highest BCUT2D eigenvalue weighted by atomic mass is 19.4. The van der Waals surface area contributed by atoms with Gasteiger partial charge in [-0.3, -0.25) is 0 Å². The monoisotopic (exact) mass is 386 g/mol. The van der Waals surface area contributed by atoms with E-state index in [9.17, 15) is 13.2 Å². The molecule has 1 saturated heterocycles. The molecule has 144 valence electrons. The maximum Gasteiger partial charge on any atom is 0.418 e. The zero-order chi connectivity index (χ0) is 19.9. The zero-order valence-corrected chi connectivity index (χ0v) is 15.0. The predicted octanol–water partition coefficient (Wildman–Crippen LogP) is 3.56. The zero-order valence-electron chi connectivity index (χ0n) is 15.0. The summed E-state index contributed by atoms with van der Waals surface area (Å²) in [6, 6.07) is 7.26. The maximum absolute atomic E-state index is 13.5. The van der Waals surface area contributed by atoms with Crippen molar-refractivity contribution in [3.05, 3.63) is 47.9 Å². The van der Waals surface area contributed by atoms with Crippen molar-refractivity contribution in [3.8, 4) is 6.07 Å². The lowest BCUT2D eigenvalue weighted by Gasteiger charge is -2.29. The fourth-order valence-corrected chi connectivity index (χ4v) is 3.70. The molecule has 0 saturated carbocycles. The highest BCUT2D eigenvalue weighted by Crippen LogP contribution is 2.38. The summed E-state index contributed by atoms with van der Waals surface area (Å²) in [5.74, 6) is 0.776. The van der Waals surface area contributed by atoms with Crippen LogP contribution in [0.2, 0.25) is 0 Å². The summed E-state index contributed by atoms with van der Waals surface area (Å²) in [6.45, 7) is 1.23. The molecule has 6 nitrogen and oxygen atoms in total. The van der Waals surface area contributed by atoms with Crippen LogP contribution in [0.5, 0.6) is 0 Å². The number of nitrogens with zero attached hydrogens (tertiary/aromatic N) is 5. The summed E-state index contributed by atoms with van der Waals surface area (Å²) in [4.78, 5) is 15.3. The third kappa shape index (κ3) is 3.11. The Hall–Kier alpha value is -3.28. The fraction of sp³-hybridized carbons (Fsp3) is 0.316. The van der Waals surface area contributed by atoms with Gasteiger partial charge in [0.2, 0.25) is 0 Å². The first-order valence-electron chi connectivity index (χ1n) is 8.75. The van der Waals surface area contributed by atoms with Crippen LogP contribution >= 0.6 is 0 Å². The summed E-state index contributed by atoms with van der Waals surface area (Å²) in [6.07, 6.45) is -0.565. The normalized spacial score (nSPS) is 17.1. The number of fused-ring (bicyclic) bond motifs is 1. The van der Waals surface area contributed by atoms with Gasteiger partial charge in [-0.25, -0.2) is 9.97 Å². The molecule has 0 spiro atoms. The molecule has 0 bridgehead atoms. The van der Waals surface area contributed by atoms with Gasteiger partial charge in [0.15, 0.2) is 0 Å². The lowest BCUT2D eigenvalue weighted by atomic mass is 10.1. The Bertz CT molecular complexity index is 1050. The van der Waals surface area contributed by atoms with Crippen molar-refractivity contribution < 1.29 is 13.2 Å². The smallest absolute Gasteiger partial charge is 0.369 e. The second-order valence-corrected chi connectivity index (χ2v) is 6.78. The summed E-state index contributed by atoms with van der Waals surface area (Å²) in [7, 11) is 1.66. The van der Waals surface area contributed by atoms with Gasteiger partial charge in [-0.15, -0.1) is 0 Å². The molecule has 4 rings (SSSR count). The Kier molecular flexibility index (Phi) is 4.34. The number of alkyl halides is 3. The predicted molar refractivity (Wildman–Crippen MR) is 99.1 cm³/mol. The summed E-state index contributed by atoms with van der Waals surface area (Å²) >= 11 is 0. The van der Waals surface area contributed by atoms with Gasteiger partial charge in [0.25, 0.3) is 0 Å². The minimum Gasteiger partial charge on any atom is -0.369 e. The highest BCUT2D eigenvalue weighted by Gasteiger charge is 2.37. The molecule has 1 aliphatic rings. The molecule has 3 heterocycles. The Morgan fingerprint density at radius 3 is 2.86 bits per heavy atom. The van der Waals surface area contributed by atoms with Gasteiger partial charge in [-0.2, -0.15) is 18.4 Å². The van der Waals surface area contributed by atoms with Gasteiger partial charge in [0.1, 0.15) is 17.8 Å². The van der Waals surface area contributed by atoms with Crippen molar-refractivity contribution in [2.45, 2.75) is 18.6 Å². The molecule has 0 amide bonds. The Morgan fingerprint density at radius 1 is 1.29 bits per heavy atom. The van der Waals surface area contributed by atoms with E-state index in [1.54, 1.807) is 24.2 Å². The van der Waals surface area contributed by atoms with E-state index in [4.69, 9.17) is 5.26 Å². The van der Waals surface area contributed by atoms with E-state index in [0.29, 0.717) is 19.5 Å². The first kappa shape index (κ1) is 18.1. The lowest BCUT2D eigenvalue weighted by Crippen LogP contribution is -2.36. The fourth-order valence-electron chi connectivity index (χ4n) is 3.70. The highest BCUT2D eigenvalue weighted by molar-refractivity contribution is 5.87. The van der Waals surface area contributed by atoms with Crippen molar-refractivity contribution in [2.75, 3.05) is 29.9 Å². The van der Waals surface area contributed by atoms with E-state index in [1.165, 1.54) is 18.5 Å². The number of rotatable bonds is 3. The van der Waals surface area contributed by atoms with E-state index < -0.39 is 11.7 Å². The number of hydrogen-bond donors (Lipinski definition) is 1. The van der Waals surface area contributed by atoms with Crippen LogP contribution in [-0.2, 0) is 6.18 Å². The number of aromatic amines is 1. The van der Waals surface area contributed by atoms with Crippen LogP contribution in [0.3, 0.4) is 0 Å². The summed E-state index contributed by atoms with van der Waals surface area (Å²) < 4.78 is 40.6. The van der Waals surface area contributed by atoms with E-state index in [0.717, 1.165) is 22.9 Å². The second-order valence-electron chi connectivity index (χ2n) is 6.78. The third-order valence-electron chi connectivity index (χ3n) is 5.15. The topological polar surface area (TPSA) is 71.8 Å². The van der Waals surface area contributed by atoms with Crippen LogP contribution in [0.15, 0.2) is 36.8 Å². The number of hydrogen-bond acceptors (Lipinski definition) is 5. The molecule has 1 N–H and O–H groups in total. The van der Waals surface area contributed by atoms with E-state index in [1.807, 2.05) is 6.07 Å². The molecule has 28 heavy (non-hydrogen) atoms. The van der Waals surface area contributed by atoms with Crippen molar-refractivity contribution in [1.29, 1.82) is 5.26 Å². The first-order chi connectivity index (χ1) is 13.4. The van der Waals surface area contributed by atoms with Gasteiger partial charge in [-0.05, 0) is 30.7 Å². The van der Waals surface area contributed by atoms with Crippen LogP contribution < -0.4 is 9.80 Å². The molecule has 1 atom stereocenters. The molecule has 1 aromatic carbocycles. The van der Waals surface area contributed by atoms with Gasteiger partial charge in [0.05, 0.1) is 22.6 Å². The standard InChI is InChI=1S/C19H17F3N6/c1-27(16-3-2-12(9-23)8-15(16)19(20,21)22)13-5-7-28(10-13)18-14-4-6-24-17(14)25-11-26-18/h2-4,6,8,11,13H,5,7,10H2,1H3,(H,24,25,26)/t13-/m1/s1. The van der Waals surface area contributed by atoms with Gasteiger partial charge in [-0.1, -0.05) is 0 Å². The molecule has 3 aromatic rings. The molecule has 1 aliphatic heterocycles. The van der Waals surface area contributed by atoms with Crippen molar-refractivity contribution in [2.24, 2.45) is 0 Å². The molecular formula is C19H17F3N6. The molecule has 0 radical (unpaired) electrons. The SMILES string of the molecule is CN(c1ccc(C#N)cc1C(F)(F)F)[C@@H]1CCN(c2ncnc3[nH]ccc23)C1. The average molecular weight is 386 g/mol. The van der Waals surface area contributed by atoms with Crippen molar-refractivity contribution in [1.82, 2.24) is 15.0 Å². The molecular weight excluding hydrogens is 369 g/mol. The van der Waals surface area contributed by atoms with Crippen LogP contribution in [-0.4, -0.2) is 41.1 Å². The summed E-state index contributed by atoms with van der Waals surface area (Å²) in [5, 5.41) is 9.84. The largest absolute Gasteiger partial charge is 0.418 e. The minimum absolute atomic E-state index is 0.00615. The van der Waals surface area contributed by atoms with E-state index in [-0.39, 0.29) is 17.3 Å². The quantitative estimate of drug-likeness (QED) is 0.745. The number of aromatic nitrogens is 3. The average Bonchev–Trinajstić information content (AvgIpc) is 3.35. The molecule has 0 aliphatic carbocycles. The number of benzene rings is 1. The molecule has 2 aromatic heterocycles. The Morgan fingerprint density at radius 2 is 2.11 bits per heavy atom. The molecule has 9 heteroatoms. The lowest BCUT2D eigenvalue weighted by molar-refractivity contribution is -0.137. The van der Waals surface area contributed by atoms with Crippen molar-refractivity contribution in [3.63, 3.8) is 0 Å². The summed E-state index contributed by atoms with van der Waals surface area (Å²) in [5.41, 5.74) is 0.0111. The maximum atomic E-state index is 13.5. The molecule has 1 fully saturated rings. The van der Waals surface area contributed by atoms with Gasteiger partial charge >= 0.3 is 6.18 Å². The van der Waals surface area contributed by atoms with Gasteiger partial charge < -0.3 is 14.8 Å². The van der Waals surface area contributed by atoms with Crippen LogP contribution in [0.4, 0.5) is 24.7 Å². The van der Waals surface area contributed by atoms with Crippen LogP contribution in [0.1, 0.15) is 17.5 Å².